The topological polar surface area (TPSA) is 78.7 Å². The molecule has 0 radical (unpaired) electrons. The molecule has 0 saturated heterocycles. The first-order valence-electron chi connectivity index (χ1n) is 10.2. The highest BCUT2D eigenvalue weighted by atomic mass is 16.5. The fourth-order valence-electron chi connectivity index (χ4n) is 4.42. The molecule has 4 rings (SSSR count). The van der Waals surface area contributed by atoms with E-state index < -0.39 is 0 Å². The Bertz CT molecular complexity index is 974. The SMILES string of the molecule is COc1ccc(C=C2CCCC3C2N=C(NC#N)NC3c2ccc(OC)cc2)cc1. The number of hydrogen-bond donors (Lipinski definition) is 2. The molecule has 3 unspecified atom stereocenters. The lowest BCUT2D eigenvalue weighted by atomic mass is 9.74. The predicted octanol–water partition coefficient (Wildman–Crippen LogP) is 4.03. The third-order valence-corrected chi connectivity index (χ3v) is 5.89. The molecule has 6 nitrogen and oxygen atoms in total. The Morgan fingerprint density at radius 2 is 1.73 bits per heavy atom. The van der Waals surface area contributed by atoms with Crippen LogP contribution in [0.3, 0.4) is 0 Å². The maximum absolute atomic E-state index is 9.17. The van der Waals surface area contributed by atoms with E-state index in [1.807, 2.05) is 30.5 Å². The van der Waals surface area contributed by atoms with Gasteiger partial charge >= 0.3 is 0 Å². The van der Waals surface area contributed by atoms with Crippen LogP contribution in [0.5, 0.6) is 11.5 Å². The van der Waals surface area contributed by atoms with Crippen LogP contribution in [0.15, 0.2) is 59.1 Å². The van der Waals surface area contributed by atoms with E-state index in [9.17, 15) is 0 Å². The van der Waals surface area contributed by atoms with E-state index in [2.05, 4.69) is 41.0 Å². The smallest absolute Gasteiger partial charge is 0.205 e. The van der Waals surface area contributed by atoms with E-state index in [1.54, 1.807) is 14.2 Å². The molecule has 2 aromatic rings. The molecule has 0 bridgehead atoms. The molecule has 1 aliphatic carbocycles. The van der Waals surface area contributed by atoms with Gasteiger partial charge in [0.15, 0.2) is 6.19 Å². The minimum atomic E-state index is 0.0325. The van der Waals surface area contributed by atoms with E-state index in [0.717, 1.165) is 36.3 Å². The summed E-state index contributed by atoms with van der Waals surface area (Å²) in [7, 11) is 3.34. The quantitative estimate of drug-likeness (QED) is 0.596. The molecular formula is C24H26N4O2. The summed E-state index contributed by atoms with van der Waals surface area (Å²) in [5.74, 6) is 2.53. The van der Waals surface area contributed by atoms with Crippen LogP contribution in [0.2, 0.25) is 0 Å². The zero-order chi connectivity index (χ0) is 20.9. The Kier molecular flexibility index (Phi) is 5.89. The third-order valence-electron chi connectivity index (χ3n) is 5.89. The van der Waals surface area contributed by atoms with Crippen molar-refractivity contribution in [3.8, 4) is 17.7 Å². The highest BCUT2D eigenvalue weighted by Crippen LogP contribution is 2.42. The third kappa shape index (κ3) is 4.11. The molecule has 2 aliphatic rings. The second kappa shape index (κ2) is 8.91. The molecule has 2 aromatic carbocycles. The fraction of sp³-hybridized carbons (Fsp3) is 0.333. The van der Waals surface area contributed by atoms with E-state index in [1.165, 1.54) is 11.1 Å². The number of fused-ring (bicyclic) bond motifs is 1. The molecule has 6 heteroatoms. The van der Waals surface area contributed by atoms with Crippen LogP contribution >= 0.6 is 0 Å². The van der Waals surface area contributed by atoms with Crippen molar-refractivity contribution >= 4 is 12.0 Å². The van der Waals surface area contributed by atoms with Gasteiger partial charge in [0.25, 0.3) is 0 Å². The molecule has 30 heavy (non-hydrogen) atoms. The maximum atomic E-state index is 9.17. The van der Waals surface area contributed by atoms with Crippen molar-refractivity contribution in [1.82, 2.24) is 10.6 Å². The molecule has 1 heterocycles. The van der Waals surface area contributed by atoms with Crippen LogP contribution in [0.4, 0.5) is 0 Å². The zero-order valence-corrected chi connectivity index (χ0v) is 17.3. The van der Waals surface area contributed by atoms with Crippen LogP contribution in [-0.2, 0) is 0 Å². The lowest BCUT2D eigenvalue weighted by Gasteiger charge is -2.41. The number of hydrogen-bond acceptors (Lipinski definition) is 6. The van der Waals surface area contributed by atoms with Gasteiger partial charge in [-0.1, -0.05) is 30.3 Å². The van der Waals surface area contributed by atoms with Crippen molar-refractivity contribution in [2.75, 3.05) is 14.2 Å². The first-order chi connectivity index (χ1) is 14.7. The second-order valence-electron chi connectivity index (χ2n) is 7.60. The normalized spacial score (nSPS) is 24.1. The van der Waals surface area contributed by atoms with Gasteiger partial charge in [-0.3, -0.25) is 5.32 Å². The molecule has 1 saturated carbocycles. The van der Waals surface area contributed by atoms with Gasteiger partial charge in [-0.05, 0) is 60.2 Å². The number of benzene rings is 2. The standard InChI is InChI=1S/C24H26N4O2/c1-29-19-10-6-16(7-11-19)14-18-4-3-5-21-22(17-8-12-20(30-2)13-9-17)27-24(26-15-25)28-23(18)21/h6-14,21-23H,3-5H2,1-2H3,(H2,26,27,28). The Hall–Kier alpha value is -3.46. The monoisotopic (exact) mass is 402 g/mol. The molecule has 0 spiro atoms. The van der Waals surface area contributed by atoms with Crippen LogP contribution < -0.4 is 20.1 Å². The van der Waals surface area contributed by atoms with Crippen LogP contribution in [0, 0.1) is 17.4 Å². The maximum Gasteiger partial charge on any atom is 0.205 e. The van der Waals surface area contributed by atoms with Gasteiger partial charge in [-0.25, -0.2) is 4.99 Å². The summed E-state index contributed by atoms with van der Waals surface area (Å²) in [5.41, 5.74) is 3.60. The molecule has 0 aromatic heterocycles. The summed E-state index contributed by atoms with van der Waals surface area (Å²) in [4.78, 5) is 4.87. The van der Waals surface area contributed by atoms with Crippen molar-refractivity contribution in [1.29, 1.82) is 5.26 Å². The van der Waals surface area contributed by atoms with Gasteiger partial charge in [0.05, 0.1) is 26.3 Å². The summed E-state index contributed by atoms with van der Waals surface area (Å²) < 4.78 is 10.6. The Balaban J connectivity index is 1.68. The molecule has 3 atom stereocenters. The Morgan fingerprint density at radius 1 is 1.07 bits per heavy atom. The molecule has 154 valence electrons. The first-order valence-corrected chi connectivity index (χ1v) is 10.2. The van der Waals surface area contributed by atoms with Crippen molar-refractivity contribution in [2.45, 2.75) is 31.3 Å². The van der Waals surface area contributed by atoms with E-state index in [4.69, 9.17) is 19.7 Å². The number of rotatable bonds is 4. The summed E-state index contributed by atoms with van der Waals surface area (Å²) in [6.45, 7) is 0. The van der Waals surface area contributed by atoms with Gasteiger partial charge in [0.2, 0.25) is 5.96 Å². The van der Waals surface area contributed by atoms with Crippen molar-refractivity contribution in [3.05, 3.63) is 65.2 Å². The van der Waals surface area contributed by atoms with Crippen LogP contribution in [0.25, 0.3) is 6.08 Å². The number of ether oxygens (including phenoxy) is 2. The summed E-state index contributed by atoms with van der Waals surface area (Å²) in [6, 6.07) is 16.3. The average molecular weight is 402 g/mol. The highest BCUT2D eigenvalue weighted by Gasteiger charge is 2.39. The Morgan fingerprint density at radius 3 is 2.37 bits per heavy atom. The van der Waals surface area contributed by atoms with E-state index >= 15 is 0 Å². The lowest BCUT2D eigenvalue weighted by molar-refractivity contribution is 0.283. The summed E-state index contributed by atoms with van der Waals surface area (Å²) in [5, 5.41) is 15.3. The average Bonchev–Trinajstić information content (AvgIpc) is 2.80. The number of nitriles is 1. The van der Waals surface area contributed by atoms with Crippen LogP contribution in [-0.4, -0.2) is 26.2 Å². The van der Waals surface area contributed by atoms with Crippen molar-refractivity contribution < 1.29 is 9.47 Å². The van der Waals surface area contributed by atoms with Crippen LogP contribution in [0.1, 0.15) is 36.4 Å². The molecule has 1 aliphatic heterocycles. The summed E-state index contributed by atoms with van der Waals surface area (Å²) >= 11 is 0. The number of nitrogens with zero attached hydrogens (tertiary/aromatic N) is 2. The van der Waals surface area contributed by atoms with E-state index in [-0.39, 0.29) is 12.1 Å². The molecule has 2 N–H and O–H groups in total. The number of guanidine groups is 1. The zero-order valence-electron chi connectivity index (χ0n) is 17.3. The van der Waals surface area contributed by atoms with E-state index in [0.29, 0.717) is 11.9 Å². The summed E-state index contributed by atoms with van der Waals surface area (Å²) in [6.07, 6.45) is 7.45. The van der Waals surface area contributed by atoms with Gasteiger partial charge in [0.1, 0.15) is 11.5 Å². The number of nitrogens with one attached hydrogen (secondary N) is 2. The van der Waals surface area contributed by atoms with Gasteiger partial charge < -0.3 is 14.8 Å². The predicted molar refractivity (Wildman–Crippen MR) is 117 cm³/mol. The molecular weight excluding hydrogens is 376 g/mol. The van der Waals surface area contributed by atoms with Gasteiger partial charge in [-0.2, -0.15) is 5.26 Å². The van der Waals surface area contributed by atoms with Crippen molar-refractivity contribution in [3.63, 3.8) is 0 Å². The fourth-order valence-corrected chi connectivity index (χ4v) is 4.42. The highest BCUT2D eigenvalue weighted by molar-refractivity contribution is 5.83. The first kappa shape index (κ1) is 19.8. The number of methoxy groups -OCH3 is 2. The largest absolute Gasteiger partial charge is 0.497 e. The molecule has 1 fully saturated rings. The molecule has 0 amide bonds. The van der Waals surface area contributed by atoms with Crippen molar-refractivity contribution in [2.24, 2.45) is 10.9 Å². The van der Waals surface area contributed by atoms with Gasteiger partial charge in [0, 0.05) is 5.92 Å². The van der Waals surface area contributed by atoms with Gasteiger partial charge in [-0.15, -0.1) is 0 Å². The minimum absolute atomic E-state index is 0.0325. The number of aliphatic imine (C=N–C) groups is 1. The Labute approximate surface area is 177 Å². The minimum Gasteiger partial charge on any atom is -0.497 e. The second-order valence-corrected chi connectivity index (χ2v) is 7.60. The lowest BCUT2D eigenvalue weighted by Crippen LogP contribution is -2.49.